The molecule has 4 rings (SSSR count). The molecule has 4 nitrogen and oxygen atoms in total. The van der Waals surface area contributed by atoms with E-state index in [1.54, 1.807) is 6.26 Å². The van der Waals surface area contributed by atoms with Gasteiger partial charge in [-0.05, 0) is 54.8 Å². The molecule has 30 heavy (non-hydrogen) atoms. The van der Waals surface area contributed by atoms with Gasteiger partial charge >= 0.3 is 0 Å². The molecule has 0 radical (unpaired) electrons. The predicted octanol–water partition coefficient (Wildman–Crippen LogP) is 6.53. The summed E-state index contributed by atoms with van der Waals surface area (Å²) >= 11 is 3.50. The minimum Gasteiger partial charge on any atom is -0.467 e. The van der Waals surface area contributed by atoms with Crippen molar-refractivity contribution >= 4 is 32.7 Å². The van der Waals surface area contributed by atoms with Crippen molar-refractivity contribution in [2.45, 2.75) is 32.7 Å². The van der Waals surface area contributed by atoms with Crippen LogP contribution >= 0.6 is 15.9 Å². The number of amides is 1. The second-order valence-electron chi connectivity index (χ2n) is 7.28. The van der Waals surface area contributed by atoms with Crippen LogP contribution in [0.15, 0.2) is 75.8 Å². The zero-order valence-corrected chi connectivity index (χ0v) is 18.4. The second kappa shape index (κ2) is 9.26. The summed E-state index contributed by atoms with van der Waals surface area (Å²) in [4.78, 5) is 17.8. The number of aromatic nitrogens is 1. The van der Waals surface area contributed by atoms with Gasteiger partial charge in [0.15, 0.2) is 0 Å². The van der Waals surface area contributed by atoms with Gasteiger partial charge in [-0.2, -0.15) is 0 Å². The zero-order valence-electron chi connectivity index (χ0n) is 16.8. The molecule has 4 aromatic rings. The highest BCUT2D eigenvalue weighted by Gasteiger charge is 2.15. The molecule has 0 unspecified atom stereocenters. The predicted molar refractivity (Wildman–Crippen MR) is 123 cm³/mol. The third kappa shape index (κ3) is 4.62. The van der Waals surface area contributed by atoms with E-state index >= 15 is 0 Å². The Bertz CT molecular complexity index is 1150. The summed E-state index contributed by atoms with van der Waals surface area (Å²) in [6.07, 6.45) is 5.04. The van der Waals surface area contributed by atoms with E-state index in [2.05, 4.69) is 52.4 Å². The van der Waals surface area contributed by atoms with Crippen LogP contribution < -0.4 is 5.32 Å². The summed E-state index contributed by atoms with van der Waals surface area (Å²) in [5, 5.41) is 3.76. The second-order valence-corrected chi connectivity index (χ2v) is 8.19. The molecule has 0 fully saturated rings. The summed E-state index contributed by atoms with van der Waals surface area (Å²) in [5.74, 6) is 0.559. The van der Waals surface area contributed by atoms with Gasteiger partial charge in [0.05, 0.1) is 29.6 Å². The number of rotatable bonds is 7. The number of fused-ring (bicyclic) bond motifs is 1. The van der Waals surface area contributed by atoms with Crippen LogP contribution in [-0.4, -0.2) is 10.9 Å². The molecule has 0 aliphatic heterocycles. The number of halogens is 1. The van der Waals surface area contributed by atoms with Gasteiger partial charge in [-0.1, -0.05) is 53.5 Å². The van der Waals surface area contributed by atoms with Crippen molar-refractivity contribution < 1.29 is 9.21 Å². The quantitative estimate of drug-likeness (QED) is 0.339. The van der Waals surface area contributed by atoms with Crippen molar-refractivity contribution in [3.8, 4) is 11.3 Å². The number of pyridine rings is 1. The lowest BCUT2D eigenvalue weighted by molar-refractivity contribution is 0.0949. The number of hydrogen-bond acceptors (Lipinski definition) is 3. The first-order chi connectivity index (χ1) is 14.6. The number of benzene rings is 2. The first-order valence-electron chi connectivity index (χ1n) is 10.1. The van der Waals surface area contributed by atoms with Crippen molar-refractivity contribution in [3.63, 3.8) is 0 Å². The van der Waals surface area contributed by atoms with E-state index in [1.807, 2.05) is 36.4 Å². The van der Waals surface area contributed by atoms with Gasteiger partial charge in [0.1, 0.15) is 5.76 Å². The van der Waals surface area contributed by atoms with Crippen molar-refractivity contribution in [1.29, 1.82) is 0 Å². The molecule has 0 bridgehead atoms. The van der Waals surface area contributed by atoms with E-state index in [9.17, 15) is 4.79 Å². The molecule has 2 aromatic carbocycles. The Labute approximate surface area is 184 Å². The van der Waals surface area contributed by atoms with E-state index in [4.69, 9.17) is 9.40 Å². The van der Waals surface area contributed by atoms with Gasteiger partial charge in [0.25, 0.3) is 5.91 Å². The molecule has 152 valence electrons. The van der Waals surface area contributed by atoms with Gasteiger partial charge in [0, 0.05) is 15.4 Å². The molecule has 0 spiro atoms. The number of furan rings is 1. The third-order valence-electron chi connectivity index (χ3n) is 5.09. The monoisotopic (exact) mass is 462 g/mol. The largest absolute Gasteiger partial charge is 0.467 e. The van der Waals surface area contributed by atoms with Gasteiger partial charge in [-0.25, -0.2) is 4.98 Å². The Balaban J connectivity index is 1.69. The van der Waals surface area contributed by atoms with Crippen LogP contribution in [0.3, 0.4) is 0 Å². The van der Waals surface area contributed by atoms with Crippen LogP contribution in [0.5, 0.6) is 0 Å². The van der Waals surface area contributed by atoms with Crippen molar-refractivity contribution in [2.24, 2.45) is 0 Å². The van der Waals surface area contributed by atoms with Gasteiger partial charge in [-0.15, -0.1) is 0 Å². The van der Waals surface area contributed by atoms with Crippen molar-refractivity contribution in [2.75, 3.05) is 0 Å². The highest BCUT2D eigenvalue weighted by atomic mass is 79.9. The fourth-order valence-electron chi connectivity index (χ4n) is 3.43. The highest BCUT2D eigenvalue weighted by molar-refractivity contribution is 9.10. The number of aryl methyl sites for hydroxylation is 1. The fraction of sp³-hybridized carbons (Fsp3) is 0.200. The number of carbonyl (C=O) groups is 1. The minimum absolute atomic E-state index is 0.155. The Morgan fingerprint density at radius 1 is 1.10 bits per heavy atom. The lowest BCUT2D eigenvalue weighted by Crippen LogP contribution is -2.23. The Morgan fingerprint density at radius 2 is 1.93 bits per heavy atom. The summed E-state index contributed by atoms with van der Waals surface area (Å²) in [5.41, 5.74) is 4.49. The van der Waals surface area contributed by atoms with Crippen LogP contribution in [-0.2, 0) is 13.0 Å². The normalized spacial score (nSPS) is 11.0. The van der Waals surface area contributed by atoms with E-state index < -0.39 is 0 Å². The van der Waals surface area contributed by atoms with Gasteiger partial charge in [0.2, 0.25) is 0 Å². The molecular formula is C25H23BrN2O2. The summed E-state index contributed by atoms with van der Waals surface area (Å²) in [7, 11) is 0. The fourth-order valence-corrected chi connectivity index (χ4v) is 3.79. The standard InChI is InChI=1S/C25H23BrN2O2/c1-2-3-5-17-7-9-18(10-8-17)24-15-22(21-14-19(26)11-12-23(21)28-24)25(29)27-16-20-6-4-13-30-20/h4,6-15H,2-3,5,16H2,1H3,(H,27,29). The molecule has 2 aromatic heterocycles. The van der Waals surface area contributed by atoms with E-state index in [1.165, 1.54) is 18.4 Å². The Morgan fingerprint density at radius 3 is 2.67 bits per heavy atom. The maximum absolute atomic E-state index is 13.0. The van der Waals surface area contributed by atoms with Crippen LogP contribution in [0.2, 0.25) is 0 Å². The third-order valence-corrected chi connectivity index (χ3v) is 5.58. The van der Waals surface area contributed by atoms with E-state index in [-0.39, 0.29) is 5.91 Å². The van der Waals surface area contributed by atoms with Crippen molar-refractivity contribution in [3.05, 3.63) is 88.3 Å². The van der Waals surface area contributed by atoms with E-state index in [0.717, 1.165) is 33.1 Å². The molecule has 1 N–H and O–H groups in total. The van der Waals surface area contributed by atoms with Crippen LogP contribution in [0.4, 0.5) is 0 Å². The molecule has 0 atom stereocenters. The molecule has 2 heterocycles. The number of unbranched alkanes of at least 4 members (excludes halogenated alkanes) is 1. The SMILES string of the molecule is CCCCc1ccc(-c2cc(C(=O)NCc3ccco3)c3cc(Br)ccc3n2)cc1. The van der Waals surface area contributed by atoms with Crippen LogP contribution in [0.1, 0.15) is 41.4 Å². The summed E-state index contributed by atoms with van der Waals surface area (Å²) in [6.45, 7) is 2.54. The van der Waals surface area contributed by atoms with Gasteiger partial charge in [-0.3, -0.25) is 4.79 Å². The number of hydrogen-bond donors (Lipinski definition) is 1. The molecule has 5 heteroatoms. The first-order valence-corrected chi connectivity index (χ1v) is 10.9. The molecule has 0 saturated heterocycles. The average Bonchev–Trinajstić information content (AvgIpc) is 3.29. The summed E-state index contributed by atoms with van der Waals surface area (Å²) in [6, 6.07) is 19.8. The Hall–Kier alpha value is -2.92. The maximum atomic E-state index is 13.0. The lowest BCUT2D eigenvalue weighted by Gasteiger charge is -2.11. The van der Waals surface area contributed by atoms with Crippen LogP contribution in [0, 0.1) is 0 Å². The minimum atomic E-state index is -0.155. The average molecular weight is 463 g/mol. The highest BCUT2D eigenvalue weighted by Crippen LogP contribution is 2.27. The topological polar surface area (TPSA) is 55.1 Å². The van der Waals surface area contributed by atoms with Gasteiger partial charge < -0.3 is 9.73 Å². The van der Waals surface area contributed by atoms with Crippen molar-refractivity contribution in [1.82, 2.24) is 10.3 Å². The number of nitrogens with zero attached hydrogens (tertiary/aromatic N) is 1. The zero-order chi connectivity index (χ0) is 20.9. The molecule has 1 amide bonds. The summed E-state index contributed by atoms with van der Waals surface area (Å²) < 4.78 is 6.23. The number of nitrogens with one attached hydrogen (secondary N) is 1. The van der Waals surface area contributed by atoms with E-state index in [0.29, 0.717) is 17.9 Å². The molecular weight excluding hydrogens is 440 g/mol. The number of carbonyl (C=O) groups excluding carboxylic acids is 1. The maximum Gasteiger partial charge on any atom is 0.252 e. The lowest BCUT2D eigenvalue weighted by atomic mass is 10.0. The molecule has 0 aliphatic rings. The van der Waals surface area contributed by atoms with Crippen LogP contribution in [0.25, 0.3) is 22.2 Å². The first kappa shape index (κ1) is 20.4. The molecule has 0 aliphatic carbocycles. The Kier molecular flexibility index (Phi) is 6.29. The molecule has 0 saturated carbocycles. The smallest absolute Gasteiger partial charge is 0.252 e.